The van der Waals surface area contributed by atoms with E-state index in [1.165, 1.54) is 11.1 Å². The number of anilines is 1. The lowest BCUT2D eigenvalue weighted by Crippen LogP contribution is -2.09. The number of hydrogen-bond acceptors (Lipinski definition) is 3. The Kier molecular flexibility index (Phi) is 3.69. The van der Waals surface area contributed by atoms with Gasteiger partial charge in [0, 0.05) is 25.1 Å². The molecule has 20 heavy (non-hydrogen) atoms. The maximum absolute atomic E-state index is 4.45. The Morgan fingerprint density at radius 1 is 1.30 bits per heavy atom. The van der Waals surface area contributed by atoms with Gasteiger partial charge in [-0.1, -0.05) is 24.3 Å². The standard InChI is InChI=1S/C15H15BrN4/c1-11-4-2-3-5-12(11)6-7-17-14-15-18-8-9-20(15)10-13(16)19-14/h2-5,8-10H,6-7H2,1H3,(H,17,19). The fourth-order valence-electron chi connectivity index (χ4n) is 2.23. The summed E-state index contributed by atoms with van der Waals surface area (Å²) in [6.45, 7) is 2.97. The maximum Gasteiger partial charge on any atom is 0.180 e. The number of hydrogen-bond donors (Lipinski definition) is 1. The van der Waals surface area contributed by atoms with Crippen molar-refractivity contribution in [1.82, 2.24) is 14.4 Å². The Hall–Kier alpha value is -1.88. The molecule has 102 valence electrons. The number of fused-ring (bicyclic) bond motifs is 1. The summed E-state index contributed by atoms with van der Waals surface area (Å²) in [4.78, 5) is 8.77. The van der Waals surface area contributed by atoms with Crippen LogP contribution in [0.5, 0.6) is 0 Å². The Labute approximate surface area is 126 Å². The van der Waals surface area contributed by atoms with Gasteiger partial charge in [-0.15, -0.1) is 0 Å². The lowest BCUT2D eigenvalue weighted by Gasteiger charge is -2.09. The van der Waals surface area contributed by atoms with Gasteiger partial charge in [0.2, 0.25) is 0 Å². The number of imidazole rings is 1. The molecule has 4 nitrogen and oxygen atoms in total. The van der Waals surface area contributed by atoms with Crippen LogP contribution in [0.1, 0.15) is 11.1 Å². The molecule has 0 saturated carbocycles. The van der Waals surface area contributed by atoms with Crippen molar-refractivity contribution < 1.29 is 0 Å². The summed E-state index contributed by atoms with van der Waals surface area (Å²) in [5.41, 5.74) is 3.52. The van der Waals surface area contributed by atoms with Gasteiger partial charge in [-0.05, 0) is 40.4 Å². The summed E-state index contributed by atoms with van der Waals surface area (Å²) in [6, 6.07) is 8.44. The van der Waals surface area contributed by atoms with Gasteiger partial charge in [-0.25, -0.2) is 9.97 Å². The molecule has 0 radical (unpaired) electrons. The highest BCUT2D eigenvalue weighted by Crippen LogP contribution is 2.17. The zero-order chi connectivity index (χ0) is 13.9. The second-order valence-electron chi connectivity index (χ2n) is 4.67. The number of benzene rings is 1. The van der Waals surface area contributed by atoms with Crippen molar-refractivity contribution in [3.05, 3.63) is 58.6 Å². The zero-order valence-corrected chi connectivity index (χ0v) is 12.8. The third-order valence-electron chi connectivity index (χ3n) is 3.29. The van der Waals surface area contributed by atoms with Crippen LogP contribution >= 0.6 is 15.9 Å². The number of aromatic nitrogens is 3. The minimum Gasteiger partial charge on any atom is -0.367 e. The summed E-state index contributed by atoms with van der Waals surface area (Å²) >= 11 is 3.42. The molecule has 5 heteroatoms. The first kappa shape index (κ1) is 13.1. The van der Waals surface area contributed by atoms with E-state index in [4.69, 9.17) is 0 Å². The van der Waals surface area contributed by atoms with E-state index in [-0.39, 0.29) is 0 Å². The van der Waals surface area contributed by atoms with Crippen LogP contribution in [-0.4, -0.2) is 20.9 Å². The fourth-order valence-corrected chi connectivity index (χ4v) is 2.62. The molecule has 2 aromatic heterocycles. The van der Waals surface area contributed by atoms with Crippen LogP contribution in [-0.2, 0) is 6.42 Å². The van der Waals surface area contributed by atoms with Gasteiger partial charge in [-0.3, -0.25) is 0 Å². The fraction of sp³-hybridized carbons (Fsp3) is 0.200. The normalized spacial score (nSPS) is 10.9. The summed E-state index contributed by atoms with van der Waals surface area (Å²) in [5, 5.41) is 3.37. The third kappa shape index (κ3) is 2.67. The molecule has 2 heterocycles. The molecule has 0 aliphatic rings. The molecule has 0 aliphatic carbocycles. The van der Waals surface area contributed by atoms with E-state index in [1.807, 2.05) is 16.8 Å². The van der Waals surface area contributed by atoms with Gasteiger partial charge in [-0.2, -0.15) is 0 Å². The van der Waals surface area contributed by atoms with E-state index in [9.17, 15) is 0 Å². The summed E-state index contributed by atoms with van der Waals surface area (Å²) in [5.74, 6) is 0.804. The van der Waals surface area contributed by atoms with Crippen molar-refractivity contribution in [3.8, 4) is 0 Å². The van der Waals surface area contributed by atoms with Gasteiger partial charge in [0.15, 0.2) is 11.5 Å². The van der Waals surface area contributed by atoms with Crippen LogP contribution in [0, 0.1) is 6.92 Å². The summed E-state index contributed by atoms with van der Waals surface area (Å²) < 4.78 is 2.74. The molecule has 1 aromatic carbocycles. The topological polar surface area (TPSA) is 42.2 Å². The van der Waals surface area contributed by atoms with Gasteiger partial charge < -0.3 is 9.72 Å². The Bertz CT molecular complexity index is 736. The van der Waals surface area contributed by atoms with E-state index in [1.54, 1.807) is 6.20 Å². The highest BCUT2D eigenvalue weighted by molar-refractivity contribution is 9.10. The van der Waals surface area contributed by atoms with Crippen molar-refractivity contribution in [2.45, 2.75) is 13.3 Å². The predicted octanol–water partition coefficient (Wildman–Crippen LogP) is 3.45. The number of nitrogens with zero attached hydrogens (tertiary/aromatic N) is 3. The first-order valence-corrected chi connectivity index (χ1v) is 7.31. The van der Waals surface area contributed by atoms with E-state index in [0.717, 1.165) is 29.0 Å². The second kappa shape index (κ2) is 5.63. The molecule has 3 aromatic rings. The van der Waals surface area contributed by atoms with Crippen molar-refractivity contribution >= 4 is 27.4 Å². The SMILES string of the molecule is Cc1ccccc1CCNc1nc(Br)cn2ccnc12. The Morgan fingerprint density at radius 3 is 3.00 bits per heavy atom. The largest absolute Gasteiger partial charge is 0.367 e. The Morgan fingerprint density at radius 2 is 2.15 bits per heavy atom. The van der Waals surface area contributed by atoms with E-state index >= 15 is 0 Å². The summed E-state index contributed by atoms with van der Waals surface area (Å²) in [6.07, 6.45) is 6.55. The van der Waals surface area contributed by atoms with Crippen molar-refractivity contribution in [2.24, 2.45) is 0 Å². The minimum absolute atomic E-state index is 0.793. The van der Waals surface area contributed by atoms with Crippen molar-refractivity contribution in [2.75, 3.05) is 11.9 Å². The number of halogens is 1. The molecule has 0 aliphatic heterocycles. The first-order chi connectivity index (χ1) is 9.74. The number of nitrogens with one attached hydrogen (secondary N) is 1. The van der Waals surface area contributed by atoms with E-state index < -0.39 is 0 Å². The van der Waals surface area contributed by atoms with Gasteiger partial charge >= 0.3 is 0 Å². The van der Waals surface area contributed by atoms with Gasteiger partial charge in [0.1, 0.15) is 4.60 Å². The van der Waals surface area contributed by atoms with Crippen LogP contribution in [0.4, 0.5) is 5.82 Å². The average Bonchev–Trinajstić information content (AvgIpc) is 2.89. The van der Waals surface area contributed by atoms with Crippen molar-refractivity contribution in [1.29, 1.82) is 0 Å². The average molecular weight is 331 g/mol. The lowest BCUT2D eigenvalue weighted by molar-refractivity contribution is 0.983. The molecular formula is C15H15BrN4. The smallest absolute Gasteiger partial charge is 0.180 e. The monoisotopic (exact) mass is 330 g/mol. The molecule has 0 atom stereocenters. The summed E-state index contributed by atoms with van der Waals surface area (Å²) in [7, 11) is 0. The van der Waals surface area contributed by atoms with Crippen LogP contribution in [0.2, 0.25) is 0 Å². The molecule has 3 rings (SSSR count). The van der Waals surface area contributed by atoms with Crippen LogP contribution < -0.4 is 5.32 Å². The van der Waals surface area contributed by atoms with Crippen LogP contribution in [0.25, 0.3) is 5.65 Å². The molecule has 0 unspecified atom stereocenters. The first-order valence-electron chi connectivity index (χ1n) is 6.51. The lowest BCUT2D eigenvalue weighted by atomic mass is 10.1. The molecule has 0 bridgehead atoms. The second-order valence-corrected chi connectivity index (χ2v) is 5.49. The van der Waals surface area contributed by atoms with E-state index in [2.05, 4.69) is 62.4 Å². The molecule has 0 fully saturated rings. The van der Waals surface area contributed by atoms with Crippen molar-refractivity contribution in [3.63, 3.8) is 0 Å². The number of aryl methyl sites for hydroxylation is 1. The predicted molar refractivity (Wildman–Crippen MR) is 84.1 cm³/mol. The van der Waals surface area contributed by atoms with Crippen LogP contribution in [0.3, 0.4) is 0 Å². The molecule has 0 saturated heterocycles. The third-order valence-corrected chi connectivity index (χ3v) is 3.67. The maximum atomic E-state index is 4.45. The van der Waals surface area contributed by atoms with E-state index in [0.29, 0.717) is 0 Å². The zero-order valence-electron chi connectivity index (χ0n) is 11.2. The molecular weight excluding hydrogens is 316 g/mol. The molecule has 1 N–H and O–H groups in total. The highest BCUT2D eigenvalue weighted by atomic mass is 79.9. The molecule has 0 amide bonds. The van der Waals surface area contributed by atoms with Gasteiger partial charge in [0.25, 0.3) is 0 Å². The quantitative estimate of drug-likeness (QED) is 0.796. The van der Waals surface area contributed by atoms with Gasteiger partial charge in [0.05, 0.1) is 0 Å². The Balaban J connectivity index is 1.74. The molecule has 0 spiro atoms. The highest BCUT2D eigenvalue weighted by Gasteiger charge is 2.06. The van der Waals surface area contributed by atoms with Crippen LogP contribution in [0.15, 0.2) is 47.5 Å². The number of rotatable bonds is 4. The minimum atomic E-state index is 0.793.